The third-order valence-electron chi connectivity index (χ3n) is 8.44. The van der Waals surface area contributed by atoms with Gasteiger partial charge in [0.15, 0.2) is 0 Å². The number of aromatic nitrogens is 4. The number of halogens is 1. The number of hydrogen-bond donors (Lipinski definition) is 0. The molecule has 0 radical (unpaired) electrons. The number of hydrogen-bond acceptors (Lipinski definition) is 4. The highest BCUT2D eigenvalue weighted by atomic mass is 32.2. The summed E-state index contributed by atoms with van der Waals surface area (Å²) in [5, 5.41) is 8.22. The number of aryl methyl sites for hydroxylation is 2. The van der Waals surface area contributed by atoms with Crippen LogP contribution in [-0.2, 0) is 34.3 Å². The second-order valence-corrected chi connectivity index (χ2v) is 14.8. The van der Waals surface area contributed by atoms with Gasteiger partial charge in [-0.05, 0) is 73.2 Å². The SMILES string of the molecule is Bc1ccc(-n2ncc3cc(C4(Cc5cccc(C(C)(F)P)c5)CCN(S(=O)(=O)c5cnn(C)c5)C4)c(C)cc32)cc1. The minimum Gasteiger partial charge on any atom is -0.274 e. The Morgan fingerprint density at radius 3 is 2.55 bits per heavy atom. The van der Waals surface area contributed by atoms with E-state index in [1.807, 2.05) is 29.1 Å². The third-order valence-corrected chi connectivity index (χ3v) is 10.6. The maximum atomic E-state index is 14.9. The molecule has 5 aromatic rings. The first-order valence-electron chi connectivity index (χ1n) is 14.0. The van der Waals surface area contributed by atoms with Crippen molar-refractivity contribution in [1.82, 2.24) is 23.9 Å². The van der Waals surface area contributed by atoms with Gasteiger partial charge in [-0.15, -0.1) is 0 Å². The van der Waals surface area contributed by atoms with Crippen LogP contribution in [0.3, 0.4) is 0 Å². The monoisotopic (exact) mass is 601 g/mol. The van der Waals surface area contributed by atoms with Crippen LogP contribution >= 0.6 is 9.24 Å². The molecule has 0 spiro atoms. The zero-order chi connectivity index (χ0) is 29.9. The van der Waals surface area contributed by atoms with Gasteiger partial charge in [0.05, 0.1) is 23.6 Å². The van der Waals surface area contributed by atoms with E-state index in [-0.39, 0.29) is 4.90 Å². The Bertz CT molecular complexity index is 1900. The highest BCUT2D eigenvalue weighted by Gasteiger charge is 2.45. The van der Waals surface area contributed by atoms with Crippen LogP contribution < -0.4 is 5.46 Å². The first-order chi connectivity index (χ1) is 19.9. The highest BCUT2D eigenvalue weighted by molar-refractivity contribution is 7.89. The van der Waals surface area contributed by atoms with Gasteiger partial charge in [0.2, 0.25) is 10.0 Å². The Hall–Kier alpha value is -3.33. The summed E-state index contributed by atoms with van der Waals surface area (Å²) in [5.41, 5.74) is 6.32. The molecule has 216 valence electrons. The van der Waals surface area contributed by atoms with E-state index in [0.717, 1.165) is 33.3 Å². The van der Waals surface area contributed by atoms with Gasteiger partial charge in [-0.3, -0.25) is 4.68 Å². The number of rotatable bonds is 7. The molecule has 3 heterocycles. The van der Waals surface area contributed by atoms with Gasteiger partial charge >= 0.3 is 0 Å². The first-order valence-corrected chi connectivity index (χ1v) is 16.0. The van der Waals surface area contributed by atoms with Gasteiger partial charge in [-0.2, -0.15) is 14.5 Å². The van der Waals surface area contributed by atoms with Crippen LogP contribution in [0.5, 0.6) is 0 Å². The lowest BCUT2D eigenvalue weighted by Gasteiger charge is -2.32. The van der Waals surface area contributed by atoms with Crippen molar-refractivity contribution in [1.29, 1.82) is 0 Å². The lowest BCUT2D eigenvalue weighted by Crippen LogP contribution is -2.36. The molecule has 2 aromatic heterocycles. The number of benzene rings is 3. The van der Waals surface area contributed by atoms with Crippen LogP contribution in [0.15, 0.2) is 84.1 Å². The van der Waals surface area contributed by atoms with Crippen LogP contribution in [-0.4, -0.2) is 53.2 Å². The fourth-order valence-electron chi connectivity index (χ4n) is 6.20. The number of alkyl halides is 1. The fraction of sp³-hybridized carbons (Fsp3) is 0.290. The van der Waals surface area contributed by atoms with Crippen LogP contribution in [0.2, 0.25) is 0 Å². The molecule has 3 atom stereocenters. The molecule has 7 nitrogen and oxygen atoms in total. The van der Waals surface area contributed by atoms with Crippen molar-refractivity contribution in [2.75, 3.05) is 13.1 Å². The number of sulfonamides is 1. The van der Waals surface area contributed by atoms with Crippen LogP contribution in [0.1, 0.15) is 35.6 Å². The molecule has 1 saturated heterocycles. The fourth-order valence-corrected chi connectivity index (χ4v) is 7.89. The molecule has 0 saturated carbocycles. The molecule has 0 aliphatic carbocycles. The summed E-state index contributed by atoms with van der Waals surface area (Å²) in [6, 6.07) is 20.1. The molecule has 1 aliphatic heterocycles. The van der Waals surface area contributed by atoms with E-state index in [1.54, 1.807) is 17.4 Å². The van der Waals surface area contributed by atoms with Crippen molar-refractivity contribution in [3.05, 3.63) is 102 Å². The number of fused-ring (bicyclic) bond motifs is 1. The molecule has 42 heavy (non-hydrogen) atoms. The molecular formula is C31H34BFN5O2PS. The average molecular weight is 601 g/mol. The molecule has 1 fully saturated rings. The van der Waals surface area contributed by atoms with Crippen molar-refractivity contribution >= 4 is 43.5 Å². The molecule has 0 bridgehead atoms. The van der Waals surface area contributed by atoms with Crippen molar-refractivity contribution in [2.24, 2.45) is 7.05 Å². The van der Waals surface area contributed by atoms with E-state index in [9.17, 15) is 12.8 Å². The molecule has 1 aliphatic rings. The van der Waals surface area contributed by atoms with Crippen LogP contribution in [0.25, 0.3) is 16.6 Å². The Balaban J connectivity index is 1.45. The summed E-state index contributed by atoms with van der Waals surface area (Å²) in [6.45, 7) is 4.29. The van der Waals surface area contributed by atoms with Crippen LogP contribution in [0, 0.1) is 6.92 Å². The number of nitrogens with zero attached hydrogens (tertiary/aromatic N) is 5. The predicted octanol–water partition coefficient (Wildman–Crippen LogP) is 3.92. The Kier molecular flexibility index (Phi) is 7.15. The Morgan fingerprint density at radius 2 is 1.86 bits per heavy atom. The molecule has 3 unspecified atom stereocenters. The molecular weight excluding hydrogens is 567 g/mol. The van der Waals surface area contributed by atoms with E-state index in [4.69, 9.17) is 5.10 Å². The summed E-state index contributed by atoms with van der Waals surface area (Å²) < 4.78 is 47.3. The summed E-state index contributed by atoms with van der Waals surface area (Å²) in [4.78, 5) is 0.186. The van der Waals surface area contributed by atoms with Gasteiger partial charge in [-0.25, -0.2) is 17.5 Å². The van der Waals surface area contributed by atoms with Crippen molar-refractivity contribution < 1.29 is 12.8 Å². The summed E-state index contributed by atoms with van der Waals surface area (Å²) in [7, 11) is 2.29. The van der Waals surface area contributed by atoms with Crippen molar-refractivity contribution in [3.63, 3.8) is 0 Å². The van der Waals surface area contributed by atoms with E-state index < -0.39 is 20.8 Å². The van der Waals surface area contributed by atoms with Gasteiger partial charge in [0.1, 0.15) is 18.2 Å². The summed E-state index contributed by atoms with van der Waals surface area (Å²) >= 11 is 0. The van der Waals surface area contributed by atoms with Crippen LogP contribution in [0.4, 0.5) is 4.39 Å². The van der Waals surface area contributed by atoms with Crippen molar-refractivity contribution in [3.8, 4) is 5.69 Å². The quantitative estimate of drug-likeness (QED) is 0.210. The second kappa shape index (κ2) is 10.4. The van der Waals surface area contributed by atoms with Gasteiger partial charge in [-0.1, -0.05) is 51.1 Å². The second-order valence-electron chi connectivity index (χ2n) is 11.8. The standard InChI is InChI=1S/C31H34BFN5O2PS/c1-21-13-29-23(17-35-38(29)26-9-7-25(32)8-10-26)15-28(21)31(16-22-5-4-6-24(14-22)30(2,33)41)11-12-37(20-31)42(39,40)27-18-34-36(3)19-27/h4-10,13-15,17-19H,11-12,16,20,32,41H2,1-3H3. The van der Waals surface area contributed by atoms with E-state index in [2.05, 4.69) is 65.5 Å². The Morgan fingerprint density at radius 1 is 1.10 bits per heavy atom. The van der Waals surface area contributed by atoms with Crippen molar-refractivity contribution in [2.45, 2.75) is 42.4 Å². The maximum absolute atomic E-state index is 14.9. The topological polar surface area (TPSA) is 73.0 Å². The summed E-state index contributed by atoms with van der Waals surface area (Å²) in [5.74, 6) is 0. The van der Waals surface area contributed by atoms with Gasteiger partial charge in [0, 0.05) is 37.1 Å². The maximum Gasteiger partial charge on any atom is 0.246 e. The Labute approximate surface area is 249 Å². The largest absolute Gasteiger partial charge is 0.274 e. The molecule has 6 rings (SSSR count). The summed E-state index contributed by atoms with van der Waals surface area (Å²) in [6.07, 6.45) is 6.00. The zero-order valence-corrected chi connectivity index (χ0v) is 26.2. The third kappa shape index (κ3) is 5.21. The molecule has 11 heteroatoms. The normalized spacial score (nSPS) is 19.4. The first kappa shape index (κ1) is 28.8. The van der Waals surface area contributed by atoms with E-state index in [1.165, 1.54) is 29.5 Å². The predicted molar refractivity (Wildman–Crippen MR) is 171 cm³/mol. The van der Waals surface area contributed by atoms with E-state index in [0.29, 0.717) is 31.5 Å². The molecule has 0 amide bonds. The molecule has 3 aromatic carbocycles. The van der Waals surface area contributed by atoms with Gasteiger partial charge in [0.25, 0.3) is 0 Å². The highest BCUT2D eigenvalue weighted by Crippen LogP contribution is 2.43. The zero-order valence-electron chi connectivity index (χ0n) is 24.3. The van der Waals surface area contributed by atoms with E-state index >= 15 is 0 Å². The minimum atomic E-state index is -3.74. The minimum absolute atomic E-state index is 0.186. The lowest BCUT2D eigenvalue weighted by molar-refractivity contribution is 0.323. The van der Waals surface area contributed by atoms with Gasteiger partial charge < -0.3 is 0 Å². The molecule has 0 N–H and O–H groups in total. The average Bonchev–Trinajstić information content (AvgIpc) is 3.68. The lowest BCUT2D eigenvalue weighted by atomic mass is 9.73. The smallest absolute Gasteiger partial charge is 0.246 e.